The molecule has 0 atom stereocenters. The molecule has 154 valence electrons. The zero-order chi connectivity index (χ0) is 21.2. The zero-order valence-corrected chi connectivity index (χ0v) is 16.4. The molecule has 29 heavy (non-hydrogen) atoms. The lowest BCUT2D eigenvalue weighted by molar-refractivity contribution is -0.141. The van der Waals surface area contributed by atoms with E-state index >= 15 is 0 Å². The number of hydrogen-bond donors (Lipinski definition) is 1. The molecular formula is C20H22F3N5O. The van der Waals surface area contributed by atoms with Crippen molar-refractivity contribution in [2.24, 2.45) is 0 Å². The summed E-state index contributed by atoms with van der Waals surface area (Å²) in [5, 5.41) is 0. The largest absolute Gasteiger partial charge is 0.433 e. The molecule has 0 saturated heterocycles. The van der Waals surface area contributed by atoms with E-state index in [1.54, 1.807) is 24.4 Å². The minimum Gasteiger partial charge on any atom is -0.334 e. The summed E-state index contributed by atoms with van der Waals surface area (Å²) in [4.78, 5) is 24.5. The predicted octanol–water partition coefficient (Wildman–Crippen LogP) is 3.61. The van der Waals surface area contributed by atoms with Crippen LogP contribution in [0.5, 0.6) is 0 Å². The standard InChI is InChI=1S/C20H22F3N5O/c1-4-28-9-8-24-16(28)12-27(3)11-14-6-5-7-15(10-14)18-25-17(20(21,22)23)13(2)19(29)26-18/h5-10H,4,11-12H2,1-3H3,(H,25,26,29). The van der Waals surface area contributed by atoms with Crippen LogP contribution in [0.15, 0.2) is 41.5 Å². The molecule has 1 aromatic carbocycles. The first kappa shape index (κ1) is 20.8. The Balaban J connectivity index is 1.85. The van der Waals surface area contributed by atoms with Crippen LogP contribution in [0.1, 0.15) is 29.6 Å². The molecule has 9 heteroatoms. The molecule has 1 N–H and O–H groups in total. The monoisotopic (exact) mass is 405 g/mol. The number of alkyl halides is 3. The van der Waals surface area contributed by atoms with Crippen molar-refractivity contribution in [2.75, 3.05) is 7.05 Å². The van der Waals surface area contributed by atoms with Gasteiger partial charge in [0.25, 0.3) is 5.56 Å². The van der Waals surface area contributed by atoms with Crippen molar-refractivity contribution in [3.63, 3.8) is 0 Å². The predicted molar refractivity (Wildman–Crippen MR) is 103 cm³/mol. The Morgan fingerprint density at radius 3 is 2.69 bits per heavy atom. The maximum Gasteiger partial charge on any atom is 0.433 e. The molecule has 0 spiro atoms. The lowest BCUT2D eigenvalue weighted by Crippen LogP contribution is -2.22. The molecule has 0 amide bonds. The highest BCUT2D eigenvalue weighted by atomic mass is 19.4. The van der Waals surface area contributed by atoms with Gasteiger partial charge in [-0.05, 0) is 32.5 Å². The fourth-order valence-corrected chi connectivity index (χ4v) is 3.15. The van der Waals surface area contributed by atoms with Gasteiger partial charge >= 0.3 is 6.18 Å². The van der Waals surface area contributed by atoms with Crippen molar-refractivity contribution in [3.05, 3.63) is 69.7 Å². The summed E-state index contributed by atoms with van der Waals surface area (Å²) in [6, 6.07) is 6.97. The molecule has 0 radical (unpaired) electrons. The highest BCUT2D eigenvalue weighted by molar-refractivity contribution is 5.56. The van der Waals surface area contributed by atoms with Crippen LogP contribution < -0.4 is 5.56 Å². The second kappa shape index (κ2) is 8.20. The maximum atomic E-state index is 13.2. The van der Waals surface area contributed by atoms with E-state index in [1.807, 2.05) is 30.8 Å². The van der Waals surface area contributed by atoms with Gasteiger partial charge in [0.15, 0.2) is 5.69 Å². The lowest BCUT2D eigenvalue weighted by atomic mass is 10.1. The second-order valence-corrected chi connectivity index (χ2v) is 6.89. The molecule has 6 nitrogen and oxygen atoms in total. The van der Waals surface area contributed by atoms with Crippen molar-refractivity contribution in [1.29, 1.82) is 0 Å². The van der Waals surface area contributed by atoms with Gasteiger partial charge in [-0.15, -0.1) is 0 Å². The fraction of sp³-hybridized carbons (Fsp3) is 0.350. The van der Waals surface area contributed by atoms with Crippen molar-refractivity contribution in [2.45, 2.75) is 39.7 Å². The summed E-state index contributed by atoms with van der Waals surface area (Å²) in [6.07, 6.45) is -1.02. The van der Waals surface area contributed by atoms with Crippen LogP contribution in [-0.2, 0) is 25.8 Å². The van der Waals surface area contributed by atoms with E-state index in [0.29, 0.717) is 18.7 Å². The molecule has 0 saturated carbocycles. The van der Waals surface area contributed by atoms with Gasteiger partial charge in [-0.25, -0.2) is 9.97 Å². The van der Waals surface area contributed by atoms with Gasteiger partial charge in [-0.3, -0.25) is 9.69 Å². The van der Waals surface area contributed by atoms with E-state index in [1.165, 1.54) is 0 Å². The molecule has 2 aromatic heterocycles. The van der Waals surface area contributed by atoms with E-state index < -0.39 is 23.0 Å². The molecule has 3 aromatic rings. The molecule has 2 heterocycles. The maximum absolute atomic E-state index is 13.2. The fourth-order valence-electron chi connectivity index (χ4n) is 3.15. The molecule has 3 rings (SSSR count). The van der Waals surface area contributed by atoms with Crippen molar-refractivity contribution >= 4 is 0 Å². The van der Waals surface area contributed by atoms with E-state index in [0.717, 1.165) is 24.9 Å². The van der Waals surface area contributed by atoms with Gasteiger partial charge in [0.05, 0.1) is 6.54 Å². The van der Waals surface area contributed by atoms with Crippen molar-refractivity contribution < 1.29 is 13.2 Å². The summed E-state index contributed by atoms with van der Waals surface area (Å²) in [7, 11) is 1.94. The van der Waals surface area contributed by atoms with Gasteiger partial charge < -0.3 is 9.55 Å². The molecule has 0 fully saturated rings. The van der Waals surface area contributed by atoms with Crippen LogP contribution in [0.25, 0.3) is 11.4 Å². The third-order valence-corrected chi connectivity index (χ3v) is 4.63. The third kappa shape index (κ3) is 4.73. The summed E-state index contributed by atoms with van der Waals surface area (Å²) in [6.45, 7) is 5.17. The molecule has 0 aliphatic rings. The van der Waals surface area contributed by atoms with Crippen LogP contribution >= 0.6 is 0 Å². The molecule has 0 unspecified atom stereocenters. The molecular weight excluding hydrogens is 383 g/mol. The van der Waals surface area contributed by atoms with Gasteiger partial charge in [-0.2, -0.15) is 13.2 Å². The first-order valence-electron chi connectivity index (χ1n) is 9.15. The Hall–Kier alpha value is -2.94. The first-order chi connectivity index (χ1) is 13.7. The highest BCUT2D eigenvalue weighted by Gasteiger charge is 2.36. The summed E-state index contributed by atoms with van der Waals surface area (Å²) in [5.41, 5.74) is -1.09. The van der Waals surface area contributed by atoms with Crippen LogP contribution in [0.3, 0.4) is 0 Å². The smallest absolute Gasteiger partial charge is 0.334 e. The molecule has 0 aliphatic carbocycles. The Labute approximate surface area is 166 Å². The number of aryl methyl sites for hydroxylation is 1. The highest BCUT2D eigenvalue weighted by Crippen LogP contribution is 2.30. The van der Waals surface area contributed by atoms with Crippen molar-refractivity contribution in [1.82, 2.24) is 24.4 Å². The number of imidazole rings is 1. The topological polar surface area (TPSA) is 66.8 Å². The third-order valence-electron chi connectivity index (χ3n) is 4.63. The van der Waals surface area contributed by atoms with Crippen LogP contribution in [-0.4, -0.2) is 31.5 Å². The normalized spacial score (nSPS) is 12.0. The van der Waals surface area contributed by atoms with Crippen LogP contribution in [0, 0.1) is 6.92 Å². The first-order valence-corrected chi connectivity index (χ1v) is 9.15. The minimum absolute atomic E-state index is 0.0982. The number of hydrogen-bond acceptors (Lipinski definition) is 4. The van der Waals surface area contributed by atoms with Gasteiger partial charge in [-0.1, -0.05) is 18.2 Å². The van der Waals surface area contributed by atoms with E-state index in [2.05, 4.69) is 19.9 Å². The average Bonchev–Trinajstić information content (AvgIpc) is 3.10. The number of benzene rings is 1. The Kier molecular flexibility index (Phi) is 5.88. The van der Waals surface area contributed by atoms with Crippen LogP contribution in [0.2, 0.25) is 0 Å². The van der Waals surface area contributed by atoms with Crippen molar-refractivity contribution in [3.8, 4) is 11.4 Å². The number of halogens is 3. The van der Waals surface area contributed by atoms with E-state index in [4.69, 9.17) is 0 Å². The lowest BCUT2D eigenvalue weighted by Gasteiger charge is -2.17. The Bertz CT molecular complexity index is 1050. The van der Waals surface area contributed by atoms with E-state index in [-0.39, 0.29) is 5.82 Å². The number of rotatable bonds is 6. The number of aromatic amines is 1. The second-order valence-electron chi connectivity index (χ2n) is 6.89. The quantitative estimate of drug-likeness (QED) is 0.680. The zero-order valence-electron chi connectivity index (χ0n) is 16.4. The Morgan fingerprint density at radius 2 is 2.00 bits per heavy atom. The molecule has 0 bridgehead atoms. The number of nitrogens with one attached hydrogen (secondary N) is 1. The average molecular weight is 405 g/mol. The van der Waals surface area contributed by atoms with Gasteiger partial charge in [0, 0.05) is 36.6 Å². The van der Waals surface area contributed by atoms with Gasteiger partial charge in [0.1, 0.15) is 11.6 Å². The summed E-state index contributed by atoms with van der Waals surface area (Å²) >= 11 is 0. The number of H-pyrrole nitrogens is 1. The minimum atomic E-state index is -4.69. The SMILES string of the molecule is CCn1ccnc1CN(C)Cc1cccc(-c2nc(C(F)(F)F)c(C)c(=O)[nH]2)c1. The summed E-state index contributed by atoms with van der Waals surface area (Å²) in [5.74, 6) is 0.837. The number of aromatic nitrogens is 4. The van der Waals surface area contributed by atoms with E-state index in [9.17, 15) is 18.0 Å². The van der Waals surface area contributed by atoms with Crippen LogP contribution in [0.4, 0.5) is 13.2 Å². The molecule has 0 aliphatic heterocycles. The van der Waals surface area contributed by atoms with Gasteiger partial charge in [0.2, 0.25) is 0 Å². The Morgan fingerprint density at radius 1 is 1.24 bits per heavy atom. The summed E-state index contributed by atoms with van der Waals surface area (Å²) < 4.78 is 41.6. The number of nitrogens with zero attached hydrogens (tertiary/aromatic N) is 4.